The summed E-state index contributed by atoms with van der Waals surface area (Å²) in [6.07, 6.45) is 0.542. The number of unbranched alkanes of at least 4 members (excludes halogenated alkanes) is 1. The Hall–Kier alpha value is -2.75. The van der Waals surface area contributed by atoms with Crippen LogP contribution in [0.5, 0.6) is 11.5 Å². The largest absolute Gasteiger partial charge is 0.509 e. The number of rotatable bonds is 11. The summed E-state index contributed by atoms with van der Waals surface area (Å²) in [6.45, 7) is 1.86. The number of hydrogen-bond donors (Lipinski definition) is 3. The normalized spacial score (nSPS) is 11.6. The van der Waals surface area contributed by atoms with Crippen LogP contribution in [0.2, 0.25) is 0 Å². The molecule has 0 spiro atoms. The zero-order valence-corrected chi connectivity index (χ0v) is 13.8. The van der Waals surface area contributed by atoms with E-state index in [0.29, 0.717) is 19.3 Å². The monoisotopic (exact) mass is 358 g/mol. The fourth-order valence-corrected chi connectivity index (χ4v) is 1.90. The minimum absolute atomic E-state index is 0.0444. The van der Waals surface area contributed by atoms with Crippen molar-refractivity contribution in [2.24, 2.45) is 0 Å². The van der Waals surface area contributed by atoms with Crippen molar-refractivity contribution in [3.63, 3.8) is 0 Å². The smallest absolute Gasteiger partial charge is 0.504 e. The topological polar surface area (TPSA) is 140 Å². The first-order valence-corrected chi connectivity index (χ1v) is 7.69. The second-order valence-corrected chi connectivity index (χ2v) is 5.28. The van der Waals surface area contributed by atoms with E-state index >= 15 is 0 Å². The molecule has 0 aliphatic carbocycles. The van der Waals surface area contributed by atoms with E-state index in [-0.39, 0.29) is 37.5 Å². The van der Waals surface area contributed by atoms with E-state index in [2.05, 4.69) is 10.2 Å². The number of carbonyl (C=O) groups is 1. The third-order valence-electron chi connectivity index (χ3n) is 3.16. The zero-order chi connectivity index (χ0) is 18.7. The average molecular weight is 358 g/mol. The number of ether oxygens (including phenoxy) is 2. The number of phenols is 2. The lowest BCUT2D eigenvalue weighted by molar-refractivity contribution is -0.757. The Morgan fingerprint density at radius 3 is 2.64 bits per heavy atom. The number of aromatic hydroxyl groups is 2. The zero-order valence-electron chi connectivity index (χ0n) is 13.8. The van der Waals surface area contributed by atoms with E-state index in [0.717, 1.165) is 5.56 Å². The van der Waals surface area contributed by atoms with Crippen LogP contribution in [0.3, 0.4) is 0 Å². The van der Waals surface area contributed by atoms with Gasteiger partial charge in [-0.3, -0.25) is 5.32 Å². The highest BCUT2D eigenvalue weighted by atomic mass is 16.9. The number of nitrogens with zero attached hydrogens (tertiary/aromatic N) is 1. The van der Waals surface area contributed by atoms with Crippen LogP contribution in [0.15, 0.2) is 18.2 Å². The van der Waals surface area contributed by atoms with Crippen LogP contribution in [-0.2, 0) is 20.7 Å². The Morgan fingerprint density at radius 2 is 1.96 bits per heavy atom. The van der Waals surface area contributed by atoms with Gasteiger partial charge in [-0.25, -0.2) is 4.79 Å². The minimum atomic E-state index is -0.874. The van der Waals surface area contributed by atoms with Crippen LogP contribution in [0.4, 0.5) is 4.79 Å². The molecule has 0 saturated heterocycles. The van der Waals surface area contributed by atoms with Crippen LogP contribution in [0.25, 0.3) is 0 Å². The molecule has 10 nitrogen and oxygen atoms in total. The highest BCUT2D eigenvalue weighted by Gasteiger charge is 2.08. The molecular formula is C15H22N2O8. The van der Waals surface area contributed by atoms with Crippen molar-refractivity contribution in [2.75, 3.05) is 19.9 Å². The van der Waals surface area contributed by atoms with Crippen LogP contribution in [0, 0.1) is 10.1 Å². The van der Waals surface area contributed by atoms with Crippen LogP contribution in [0.1, 0.15) is 25.3 Å². The summed E-state index contributed by atoms with van der Waals surface area (Å²) in [7, 11) is 0. The van der Waals surface area contributed by atoms with Crippen molar-refractivity contribution in [1.82, 2.24) is 5.32 Å². The highest BCUT2D eigenvalue weighted by molar-refractivity contribution is 5.59. The average Bonchev–Trinajstić information content (AvgIpc) is 2.54. The maximum Gasteiger partial charge on any atom is 0.509 e. The Kier molecular flexibility index (Phi) is 8.86. The number of nitrogens with one attached hydrogen (secondary N) is 1. The van der Waals surface area contributed by atoms with E-state index < -0.39 is 11.2 Å². The van der Waals surface area contributed by atoms with Crippen LogP contribution < -0.4 is 5.32 Å². The van der Waals surface area contributed by atoms with Gasteiger partial charge in [0.2, 0.25) is 0 Å². The fourth-order valence-electron chi connectivity index (χ4n) is 1.90. The third-order valence-corrected chi connectivity index (χ3v) is 3.16. The van der Waals surface area contributed by atoms with Gasteiger partial charge in [-0.05, 0) is 43.9 Å². The summed E-state index contributed by atoms with van der Waals surface area (Å²) < 4.78 is 9.63. The van der Waals surface area contributed by atoms with Crippen molar-refractivity contribution < 1.29 is 34.4 Å². The number of carbonyl (C=O) groups excluding carboxylic acids is 1. The van der Waals surface area contributed by atoms with E-state index in [9.17, 15) is 25.1 Å². The van der Waals surface area contributed by atoms with Gasteiger partial charge in [-0.2, -0.15) is 0 Å². The maximum absolute atomic E-state index is 11.3. The summed E-state index contributed by atoms with van der Waals surface area (Å²) in [6, 6.07) is 4.51. The van der Waals surface area contributed by atoms with Crippen LogP contribution in [-0.4, -0.2) is 47.4 Å². The molecule has 0 bridgehead atoms. The first-order valence-electron chi connectivity index (χ1n) is 7.69. The molecule has 25 heavy (non-hydrogen) atoms. The van der Waals surface area contributed by atoms with Crippen molar-refractivity contribution >= 4 is 6.16 Å². The van der Waals surface area contributed by atoms with Gasteiger partial charge < -0.3 is 24.5 Å². The van der Waals surface area contributed by atoms with Gasteiger partial charge in [0.15, 0.2) is 11.5 Å². The van der Waals surface area contributed by atoms with Crippen molar-refractivity contribution in [2.45, 2.75) is 32.2 Å². The van der Waals surface area contributed by atoms with Gasteiger partial charge in [0.25, 0.3) is 5.09 Å². The maximum atomic E-state index is 11.3. The van der Waals surface area contributed by atoms with Gasteiger partial charge in [0.1, 0.15) is 6.73 Å². The molecule has 140 valence electrons. The predicted molar refractivity (Wildman–Crippen MR) is 85.6 cm³/mol. The molecule has 0 saturated carbocycles. The Morgan fingerprint density at radius 1 is 1.24 bits per heavy atom. The van der Waals surface area contributed by atoms with Crippen molar-refractivity contribution in [3.8, 4) is 11.5 Å². The molecule has 10 heteroatoms. The summed E-state index contributed by atoms with van der Waals surface area (Å²) in [5, 5.41) is 30.7. The van der Waals surface area contributed by atoms with Gasteiger partial charge in [-0.1, -0.05) is 6.07 Å². The lowest BCUT2D eigenvalue weighted by atomic mass is 10.1. The van der Waals surface area contributed by atoms with Gasteiger partial charge in [0.05, 0.1) is 13.2 Å². The first-order chi connectivity index (χ1) is 11.9. The molecule has 3 N–H and O–H groups in total. The quantitative estimate of drug-likeness (QED) is 0.135. The lowest BCUT2D eigenvalue weighted by Crippen LogP contribution is -2.31. The lowest BCUT2D eigenvalue weighted by Gasteiger charge is -2.14. The third kappa shape index (κ3) is 9.20. The van der Waals surface area contributed by atoms with E-state index in [1.807, 2.05) is 6.92 Å². The summed E-state index contributed by atoms with van der Waals surface area (Å²) in [5.74, 6) is -0.367. The second-order valence-electron chi connectivity index (χ2n) is 5.28. The fraction of sp³-hybridized carbons (Fsp3) is 0.533. The SMILES string of the molecule is CC(Cc1ccc(O)c(O)c1)NCOC(=O)OCCCCO[N+](=O)[O-]. The Labute approximate surface area is 144 Å². The second kappa shape index (κ2) is 10.9. The minimum Gasteiger partial charge on any atom is -0.504 e. The highest BCUT2D eigenvalue weighted by Crippen LogP contribution is 2.25. The molecule has 0 aliphatic heterocycles. The summed E-state index contributed by atoms with van der Waals surface area (Å²) in [5.41, 5.74) is 0.815. The Bertz CT molecular complexity index is 566. The first kappa shape index (κ1) is 20.3. The molecule has 0 radical (unpaired) electrons. The van der Waals surface area contributed by atoms with Crippen LogP contribution >= 0.6 is 0 Å². The molecule has 1 unspecified atom stereocenters. The van der Waals surface area contributed by atoms with Gasteiger partial charge in [-0.15, -0.1) is 10.1 Å². The molecule has 1 aromatic rings. The van der Waals surface area contributed by atoms with E-state index in [4.69, 9.17) is 9.47 Å². The molecular weight excluding hydrogens is 336 g/mol. The molecule has 0 fully saturated rings. The summed E-state index contributed by atoms with van der Waals surface area (Å²) in [4.78, 5) is 25.3. The van der Waals surface area contributed by atoms with E-state index in [1.165, 1.54) is 12.1 Å². The molecule has 1 rings (SSSR count). The van der Waals surface area contributed by atoms with Gasteiger partial charge >= 0.3 is 6.16 Å². The molecule has 1 atom stereocenters. The number of hydrogen-bond acceptors (Lipinski definition) is 9. The molecule has 0 aliphatic rings. The molecule has 1 aromatic carbocycles. The Balaban J connectivity index is 2.09. The van der Waals surface area contributed by atoms with Crippen molar-refractivity contribution in [3.05, 3.63) is 33.9 Å². The molecule has 0 heterocycles. The predicted octanol–water partition coefficient (Wildman–Crippen LogP) is 1.72. The standard InChI is InChI=1S/C15H22N2O8/c1-11(8-12-4-5-13(18)14(19)9-12)16-10-24-15(20)23-6-2-3-7-25-17(21)22/h4-5,9,11,16,18-19H,2-3,6-8,10H2,1H3. The van der Waals surface area contributed by atoms with Gasteiger partial charge in [0, 0.05) is 6.04 Å². The van der Waals surface area contributed by atoms with E-state index in [1.54, 1.807) is 6.07 Å². The molecule has 0 aromatic heterocycles. The summed E-state index contributed by atoms with van der Waals surface area (Å²) >= 11 is 0. The molecule has 0 amide bonds. The van der Waals surface area contributed by atoms with Crippen molar-refractivity contribution in [1.29, 1.82) is 0 Å². The number of benzene rings is 1. The number of phenolic OH excluding ortho intramolecular Hbond substituents is 2.